The molecule has 0 saturated carbocycles. The predicted octanol–water partition coefficient (Wildman–Crippen LogP) is 3.08. The molecule has 0 spiro atoms. The molecule has 0 bridgehead atoms. The summed E-state index contributed by atoms with van der Waals surface area (Å²) in [6, 6.07) is 12.0. The van der Waals surface area contributed by atoms with E-state index >= 15 is 0 Å². The maximum absolute atomic E-state index is 12.2. The van der Waals surface area contributed by atoms with Gasteiger partial charge in [-0.1, -0.05) is 31.2 Å². The highest BCUT2D eigenvalue weighted by Gasteiger charge is 2.13. The standard InChI is InChI=1S/C22H26N2O5/c1-4-15-6-8-16(9-7-15)18(25)11-13-21(26)23-24-22(27)17-10-12-19(29-5-2)20(14-17)28-3/h6-10,12,14H,4-5,11,13H2,1-3H3,(H,23,26)(H,24,27). The lowest BCUT2D eigenvalue weighted by Crippen LogP contribution is -2.41. The number of hydrazine groups is 1. The zero-order valence-electron chi connectivity index (χ0n) is 16.9. The molecule has 0 unspecified atom stereocenters. The van der Waals surface area contributed by atoms with Crippen LogP contribution in [-0.4, -0.2) is 31.3 Å². The molecule has 154 valence electrons. The molecule has 0 fully saturated rings. The number of nitrogens with one attached hydrogen (secondary N) is 2. The molecule has 7 nitrogen and oxygen atoms in total. The number of benzene rings is 2. The van der Waals surface area contributed by atoms with Crippen LogP contribution in [0.5, 0.6) is 11.5 Å². The zero-order chi connectivity index (χ0) is 21.2. The van der Waals surface area contributed by atoms with Crippen molar-refractivity contribution in [1.29, 1.82) is 0 Å². The third kappa shape index (κ3) is 6.34. The molecule has 2 N–H and O–H groups in total. The molecule has 0 aliphatic rings. The Morgan fingerprint density at radius 3 is 2.17 bits per heavy atom. The van der Waals surface area contributed by atoms with E-state index in [1.54, 1.807) is 24.3 Å². The first-order valence-electron chi connectivity index (χ1n) is 9.50. The number of ketones is 1. The highest BCUT2D eigenvalue weighted by Crippen LogP contribution is 2.27. The van der Waals surface area contributed by atoms with Crippen molar-refractivity contribution < 1.29 is 23.9 Å². The monoisotopic (exact) mass is 398 g/mol. The molecule has 0 aromatic heterocycles. The maximum Gasteiger partial charge on any atom is 0.269 e. The van der Waals surface area contributed by atoms with Crippen LogP contribution in [0.1, 0.15) is 53.0 Å². The van der Waals surface area contributed by atoms with Gasteiger partial charge in [-0.15, -0.1) is 0 Å². The molecule has 7 heteroatoms. The lowest BCUT2D eigenvalue weighted by Gasteiger charge is -2.11. The molecule has 0 atom stereocenters. The zero-order valence-corrected chi connectivity index (χ0v) is 16.9. The van der Waals surface area contributed by atoms with Gasteiger partial charge in [0, 0.05) is 24.0 Å². The van der Waals surface area contributed by atoms with Crippen LogP contribution in [0, 0.1) is 0 Å². The summed E-state index contributed by atoms with van der Waals surface area (Å²) in [7, 11) is 1.48. The molecule has 0 radical (unpaired) electrons. The van der Waals surface area contributed by atoms with Gasteiger partial charge in [0.1, 0.15) is 0 Å². The van der Waals surface area contributed by atoms with Crippen molar-refractivity contribution in [2.24, 2.45) is 0 Å². The van der Waals surface area contributed by atoms with Crippen LogP contribution in [0.25, 0.3) is 0 Å². The van der Waals surface area contributed by atoms with E-state index in [-0.39, 0.29) is 18.6 Å². The van der Waals surface area contributed by atoms with Crippen LogP contribution in [0.15, 0.2) is 42.5 Å². The molecule has 0 heterocycles. The molecule has 29 heavy (non-hydrogen) atoms. The molecule has 0 aliphatic carbocycles. The van der Waals surface area contributed by atoms with Crippen molar-refractivity contribution in [3.63, 3.8) is 0 Å². The lowest BCUT2D eigenvalue weighted by atomic mass is 10.0. The van der Waals surface area contributed by atoms with Gasteiger partial charge in [-0.3, -0.25) is 25.2 Å². The predicted molar refractivity (Wildman–Crippen MR) is 109 cm³/mol. The second-order valence-corrected chi connectivity index (χ2v) is 6.27. The van der Waals surface area contributed by atoms with Gasteiger partial charge >= 0.3 is 0 Å². The summed E-state index contributed by atoms with van der Waals surface area (Å²) >= 11 is 0. The summed E-state index contributed by atoms with van der Waals surface area (Å²) in [6.45, 7) is 4.36. The summed E-state index contributed by atoms with van der Waals surface area (Å²) in [6.07, 6.45) is 0.933. The fourth-order valence-corrected chi connectivity index (χ4v) is 2.64. The number of hydrogen-bond acceptors (Lipinski definition) is 5. The molecule has 2 aromatic rings. The Labute approximate surface area is 170 Å². The van der Waals surface area contributed by atoms with Crippen molar-refractivity contribution >= 4 is 17.6 Å². The molecular formula is C22H26N2O5. The third-order valence-electron chi connectivity index (χ3n) is 4.30. The summed E-state index contributed by atoms with van der Waals surface area (Å²) in [4.78, 5) is 36.3. The van der Waals surface area contributed by atoms with E-state index in [1.165, 1.54) is 13.2 Å². The summed E-state index contributed by atoms with van der Waals surface area (Å²) in [5.74, 6) is -0.118. The van der Waals surface area contributed by atoms with Crippen molar-refractivity contribution in [1.82, 2.24) is 10.9 Å². The minimum absolute atomic E-state index is 0.0265. The van der Waals surface area contributed by atoms with E-state index in [1.807, 2.05) is 26.0 Å². The third-order valence-corrected chi connectivity index (χ3v) is 4.30. The van der Waals surface area contributed by atoms with E-state index < -0.39 is 11.8 Å². The number of amides is 2. The van der Waals surface area contributed by atoms with Gasteiger partial charge < -0.3 is 9.47 Å². The number of Topliss-reactive ketones (excluding diaryl/α,β-unsaturated/α-hetero) is 1. The van der Waals surface area contributed by atoms with E-state index in [9.17, 15) is 14.4 Å². The Morgan fingerprint density at radius 1 is 0.862 bits per heavy atom. The Bertz CT molecular complexity index is 862. The number of hydrogen-bond donors (Lipinski definition) is 2. The van der Waals surface area contributed by atoms with Gasteiger partial charge in [0.05, 0.1) is 13.7 Å². The van der Waals surface area contributed by atoms with E-state index in [0.717, 1.165) is 12.0 Å². The number of rotatable bonds is 9. The number of carbonyl (C=O) groups excluding carboxylic acids is 3. The van der Waals surface area contributed by atoms with E-state index in [0.29, 0.717) is 29.2 Å². The van der Waals surface area contributed by atoms with Gasteiger partial charge in [-0.05, 0) is 37.1 Å². The highest BCUT2D eigenvalue weighted by molar-refractivity contribution is 5.99. The second kappa shape index (κ2) is 10.8. The van der Waals surface area contributed by atoms with Gasteiger partial charge in [-0.25, -0.2) is 0 Å². The van der Waals surface area contributed by atoms with Crippen LogP contribution < -0.4 is 20.3 Å². The van der Waals surface area contributed by atoms with Crippen molar-refractivity contribution in [2.75, 3.05) is 13.7 Å². The first kappa shape index (κ1) is 21.9. The van der Waals surface area contributed by atoms with Gasteiger partial charge in [0.25, 0.3) is 5.91 Å². The molecule has 0 saturated heterocycles. The normalized spacial score (nSPS) is 10.2. The Morgan fingerprint density at radius 2 is 1.55 bits per heavy atom. The Kier molecular flexibility index (Phi) is 8.21. The van der Waals surface area contributed by atoms with Crippen molar-refractivity contribution in [2.45, 2.75) is 33.1 Å². The van der Waals surface area contributed by atoms with Crippen molar-refractivity contribution in [3.8, 4) is 11.5 Å². The SMILES string of the molecule is CCOc1ccc(C(=O)NNC(=O)CCC(=O)c2ccc(CC)cc2)cc1OC. The van der Waals surface area contributed by atoms with E-state index in [2.05, 4.69) is 10.9 Å². The smallest absolute Gasteiger partial charge is 0.269 e. The molecule has 2 amide bonds. The molecule has 2 aromatic carbocycles. The van der Waals surface area contributed by atoms with Gasteiger partial charge in [-0.2, -0.15) is 0 Å². The molecule has 2 rings (SSSR count). The fourth-order valence-electron chi connectivity index (χ4n) is 2.64. The average Bonchev–Trinajstić information content (AvgIpc) is 2.76. The number of methoxy groups -OCH3 is 1. The Hall–Kier alpha value is -3.35. The van der Waals surface area contributed by atoms with E-state index in [4.69, 9.17) is 9.47 Å². The average molecular weight is 398 g/mol. The van der Waals surface area contributed by atoms with Crippen molar-refractivity contribution in [3.05, 3.63) is 59.2 Å². The first-order chi connectivity index (χ1) is 14.0. The summed E-state index contributed by atoms with van der Waals surface area (Å²) < 4.78 is 10.6. The first-order valence-corrected chi connectivity index (χ1v) is 9.50. The fraction of sp³-hybridized carbons (Fsp3) is 0.318. The van der Waals surface area contributed by atoms with Gasteiger partial charge in [0.15, 0.2) is 17.3 Å². The minimum Gasteiger partial charge on any atom is -0.493 e. The second-order valence-electron chi connectivity index (χ2n) is 6.27. The lowest BCUT2D eigenvalue weighted by molar-refractivity contribution is -0.121. The van der Waals surface area contributed by atoms with Crippen LogP contribution in [0.2, 0.25) is 0 Å². The number of ether oxygens (including phenoxy) is 2. The van der Waals surface area contributed by atoms with Crippen LogP contribution >= 0.6 is 0 Å². The van der Waals surface area contributed by atoms with Gasteiger partial charge in [0.2, 0.25) is 5.91 Å². The number of aryl methyl sites for hydroxylation is 1. The summed E-state index contributed by atoms with van der Waals surface area (Å²) in [5.41, 5.74) is 6.67. The summed E-state index contributed by atoms with van der Waals surface area (Å²) in [5, 5.41) is 0. The van der Waals surface area contributed by atoms with Crippen LogP contribution in [-0.2, 0) is 11.2 Å². The molecular weight excluding hydrogens is 372 g/mol. The quantitative estimate of drug-likeness (QED) is 0.500. The number of carbonyl (C=O) groups is 3. The molecule has 0 aliphatic heterocycles. The highest BCUT2D eigenvalue weighted by atomic mass is 16.5. The maximum atomic E-state index is 12.2. The minimum atomic E-state index is -0.499. The largest absolute Gasteiger partial charge is 0.493 e. The van der Waals surface area contributed by atoms with Crippen LogP contribution in [0.4, 0.5) is 0 Å². The van der Waals surface area contributed by atoms with Crippen LogP contribution in [0.3, 0.4) is 0 Å². The topological polar surface area (TPSA) is 93.7 Å². The Balaban J connectivity index is 1.83.